The van der Waals surface area contributed by atoms with E-state index in [1.54, 1.807) is 18.2 Å². The Kier molecular flexibility index (Phi) is 9.22. The van der Waals surface area contributed by atoms with Crippen LogP contribution in [0.15, 0.2) is 24.3 Å². The molecule has 3 atom stereocenters. The summed E-state index contributed by atoms with van der Waals surface area (Å²) in [5.74, 6) is -13.1. The van der Waals surface area contributed by atoms with E-state index in [4.69, 9.17) is 4.74 Å². The molecule has 1 saturated heterocycles. The van der Waals surface area contributed by atoms with E-state index >= 15 is 0 Å². The summed E-state index contributed by atoms with van der Waals surface area (Å²) in [6.45, 7) is 0.116. The minimum absolute atomic E-state index is 0.00828. The quantitative estimate of drug-likeness (QED) is 0.276. The first-order valence-electron chi connectivity index (χ1n) is 14.0. The maximum Gasteiger partial charge on any atom is 0.318 e. The van der Waals surface area contributed by atoms with Crippen LogP contribution in [0.5, 0.6) is 5.75 Å². The highest BCUT2D eigenvalue weighted by Gasteiger charge is 2.45. The molecule has 3 heterocycles. The summed E-state index contributed by atoms with van der Waals surface area (Å²) in [7, 11) is 0. The zero-order valence-corrected chi connectivity index (χ0v) is 23.6. The van der Waals surface area contributed by atoms with Crippen LogP contribution in [0.3, 0.4) is 0 Å². The number of carboxylic acids is 1. The number of ether oxygens (including phenoxy) is 2. The first-order chi connectivity index (χ1) is 21.5. The van der Waals surface area contributed by atoms with Crippen LogP contribution in [-0.4, -0.2) is 90.6 Å². The van der Waals surface area contributed by atoms with Gasteiger partial charge in [-0.25, -0.2) is 13.6 Å². The van der Waals surface area contributed by atoms with Gasteiger partial charge in [-0.1, -0.05) is 18.2 Å². The average molecular weight is 637 g/mol. The maximum atomic E-state index is 14.0. The lowest BCUT2D eigenvalue weighted by molar-refractivity contribution is -0.140. The number of benzene rings is 2. The smallest absolute Gasteiger partial charge is 0.318 e. The predicted molar refractivity (Wildman–Crippen MR) is 145 cm³/mol. The highest BCUT2D eigenvalue weighted by atomic mass is 19.2. The molecule has 3 aliphatic heterocycles. The van der Waals surface area contributed by atoms with Gasteiger partial charge in [0.15, 0.2) is 23.2 Å². The van der Waals surface area contributed by atoms with Gasteiger partial charge in [-0.05, 0) is 24.0 Å². The molecule has 5 rings (SSSR count). The number of rotatable bonds is 9. The van der Waals surface area contributed by atoms with Crippen LogP contribution in [0, 0.1) is 23.3 Å². The molecular weight excluding hydrogens is 608 g/mol. The van der Waals surface area contributed by atoms with E-state index in [1.165, 1.54) is 9.80 Å². The molecule has 4 amide bonds. The minimum Gasteiger partial charge on any atom is -0.481 e. The largest absolute Gasteiger partial charge is 0.481 e. The average Bonchev–Trinajstić information content (AvgIpc) is 3.35. The van der Waals surface area contributed by atoms with Gasteiger partial charge in [0.25, 0.3) is 0 Å². The van der Waals surface area contributed by atoms with Gasteiger partial charge in [0.05, 0.1) is 25.3 Å². The molecule has 3 aliphatic rings. The van der Waals surface area contributed by atoms with Crippen LogP contribution in [0.25, 0.3) is 0 Å². The fourth-order valence-corrected chi connectivity index (χ4v) is 5.59. The SMILES string of the molecule is O=C(O)CC(NC(=O)C1Cc2cccc3c2N1C(=O)C(NC(=O)N1CCOCC1)CC3)C(=O)COc1c(F)c(F)cc(F)c1F. The van der Waals surface area contributed by atoms with E-state index in [9.17, 15) is 46.6 Å². The summed E-state index contributed by atoms with van der Waals surface area (Å²) in [4.78, 5) is 67.5. The number of nitrogens with one attached hydrogen (secondary N) is 2. The van der Waals surface area contributed by atoms with Crippen molar-refractivity contribution in [3.63, 3.8) is 0 Å². The summed E-state index contributed by atoms with van der Waals surface area (Å²) in [5, 5.41) is 14.4. The zero-order valence-electron chi connectivity index (χ0n) is 23.6. The van der Waals surface area contributed by atoms with Crippen LogP contribution in [0.1, 0.15) is 24.0 Å². The third kappa shape index (κ3) is 6.55. The van der Waals surface area contributed by atoms with Crippen LogP contribution >= 0.6 is 0 Å². The van der Waals surface area contributed by atoms with E-state index in [1.807, 2.05) is 0 Å². The molecule has 0 aromatic heterocycles. The van der Waals surface area contributed by atoms with Crippen molar-refractivity contribution in [1.82, 2.24) is 15.5 Å². The first-order valence-corrected chi connectivity index (χ1v) is 14.0. The molecule has 0 radical (unpaired) electrons. The number of hydrogen-bond donors (Lipinski definition) is 3. The van der Waals surface area contributed by atoms with Crippen molar-refractivity contribution >= 4 is 35.3 Å². The Morgan fingerprint density at radius 2 is 1.71 bits per heavy atom. The molecule has 2 aromatic rings. The standard InChI is InChI=1S/C29H28F4N4O8/c30-16-11-17(31)24(33)26(23(16)32)45-13-21(38)19(12-22(39)40)34-27(41)20-10-15-3-1-2-14-4-5-18(28(42)37(20)25(14)15)35-29(43)36-6-8-44-9-7-36/h1-3,11,18-20H,4-10,12-13H2,(H,34,41)(H,35,43)(H,39,40). The second kappa shape index (κ2) is 13.1. The molecule has 0 spiro atoms. The lowest BCUT2D eigenvalue weighted by Crippen LogP contribution is -2.58. The number of aliphatic carboxylic acids is 1. The number of urea groups is 1. The molecule has 0 saturated carbocycles. The molecule has 2 aromatic carbocycles. The molecule has 1 fully saturated rings. The number of aryl methyl sites for hydroxylation is 1. The lowest BCUT2D eigenvalue weighted by atomic mass is 10.0. The van der Waals surface area contributed by atoms with Crippen LogP contribution in [0.2, 0.25) is 0 Å². The molecule has 12 nitrogen and oxygen atoms in total. The van der Waals surface area contributed by atoms with E-state index in [0.29, 0.717) is 44.0 Å². The van der Waals surface area contributed by atoms with Crippen molar-refractivity contribution in [2.45, 2.75) is 43.8 Å². The van der Waals surface area contributed by atoms with E-state index in [2.05, 4.69) is 15.4 Å². The normalized spacial score (nSPS) is 19.8. The minimum atomic E-state index is -1.91. The molecule has 0 aliphatic carbocycles. The first kappa shape index (κ1) is 31.7. The Bertz CT molecular complexity index is 1520. The second-order valence-corrected chi connectivity index (χ2v) is 10.7. The monoisotopic (exact) mass is 636 g/mol. The number of morpholine rings is 1. The Hall–Kier alpha value is -4.73. The number of Topliss-reactive ketones (excluding diaryl/α,β-unsaturated/α-hetero) is 1. The predicted octanol–water partition coefficient (Wildman–Crippen LogP) is 1.46. The second-order valence-electron chi connectivity index (χ2n) is 10.7. The Morgan fingerprint density at radius 1 is 1.04 bits per heavy atom. The van der Waals surface area contributed by atoms with E-state index < -0.39 is 89.8 Å². The number of carbonyl (C=O) groups is 5. The van der Waals surface area contributed by atoms with Crippen LogP contribution in [0.4, 0.5) is 28.0 Å². The summed E-state index contributed by atoms with van der Waals surface area (Å²) >= 11 is 0. The molecular formula is C29H28F4N4O8. The highest BCUT2D eigenvalue weighted by Crippen LogP contribution is 2.39. The van der Waals surface area contributed by atoms with Gasteiger partial charge < -0.3 is 30.1 Å². The summed E-state index contributed by atoms with van der Waals surface area (Å²) in [5.41, 5.74) is 1.87. The zero-order chi connectivity index (χ0) is 32.4. The summed E-state index contributed by atoms with van der Waals surface area (Å²) < 4.78 is 65.0. The van der Waals surface area contributed by atoms with Crippen LogP contribution in [-0.2, 0) is 36.8 Å². The molecule has 16 heteroatoms. The number of hydrogen-bond acceptors (Lipinski definition) is 7. The molecule has 0 bridgehead atoms. The molecule has 240 valence electrons. The van der Waals surface area contributed by atoms with Crippen LogP contribution < -0.4 is 20.3 Å². The number of ketones is 1. The number of carbonyl (C=O) groups excluding carboxylic acids is 4. The van der Waals surface area contributed by atoms with E-state index in [0.717, 1.165) is 5.56 Å². The Balaban J connectivity index is 1.34. The molecule has 3 unspecified atom stereocenters. The topological polar surface area (TPSA) is 155 Å². The third-order valence-corrected chi connectivity index (χ3v) is 7.82. The Morgan fingerprint density at radius 3 is 2.38 bits per heavy atom. The van der Waals surface area contributed by atoms with Gasteiger partial charge in [0.1, 0.15) is 24.7 Å². The fourth-order valence-electron chi connectivity index (χ4n) is 5.59. The lowest BCUT2D eigenvalue weighted by Gasteiger charge is -2.31. The number of anilines is 1. The van der Waals surface area contributed by atoms with Gasteiger partial charge in [0, 0.05) is 25.6 Å². The summed E-state index contributed by atoms with van der Waals surface area (Å²) in [6.07, 6.45) is -0.331. The Labute approximate surface area is 253 Å². The van der Waals surface area contributed by atoms with E-state index in [-0.39, 0.29) is 18.9 Å². The summed E-state index contributed by atoms with van der Waals surface area (Å²) in [6, 6.07) is 0.678. The van der Waals surface area contributed by atoms with Gasteiger partial charge in [0.2, 0.25) is 23.4 Å². The maximum absolute atomic E-state index is 14.0. The number of carboxylic acid groups (broad SMARTS) is 1. The van der Waals surface area contributed by atoms with Gasteiger partial charge in [-0.3, -0.25) is 24.1 Å². The third-order valence-electron chi connectivity index (χ3n) is 7.82. The number of halogens is 4. The fraction of sp³-hybridized carbons (Fsp3) is 0.414. The van der Waals surface area contributed by atoms with Crippen molar-refractivity contribution in [2.75, 3.05) is 37.8 Å². The van der Waals surface area contributed by atoms with Gasteiger partial charge >= 0.3 is 12.0 Å². The van der Waals surface area contributed by atoms with Gasteiger partial charge in [-0.2, -0.15) is 8.78 Å². The highest BCUT2D eigenvalue weighted by molar-refractivity contribution is 6.08. The number of amides is 4. The molecule has 45 heavy (non-hydrogen) atoms. The van der Waals surface area contributed by atoms with Gasteiger partial charge in [-0.15, -0.1) is 0 Å². The molecule has 3 N–H and O–H groups in total. The van der Waals surface area contributed by atoms with Crippen molar-refractivity contribution in [3.05, 3.63) is 58.7 Å². The van der Waals surface area contributed by atoms with Crippen molar-refractivity contribution in [1.29, 1.82) is 0 Å². The van der Waals surface area contributed by atoms with Crippen molar-refractivity contribution < 1.29 is 56.1 Å². The van der Waals surface area contributed by atoms with Crippen molar-refractivity contribution in [2.24, 2.45) is 0 Å². The number of nitrogens with zero attached hydrogens (tertiary/aromatic N) is 2. The number of para-hydroxylation sites is 1. The van der Waals surface area contributed by atoms with Crippen molar-refractivity contribution in [3.8, 4) is 5.75 Å².